The Hall–Kier alpha value is -2.86. The van der Waals surface area contributed by atoms with Crippen LogP contribution in [0.1, 0.15) is 22.8 Å². The van der Waals surface area contributed by atoms with Crippen LogP contribution in [0.25, 0.3) is 0 Å². The minimum Gasteiger partial charge on any atom is -0.497 e. The Morgan fingerprint density at radius 3 is 2.30 bits per heavy atom. The van der Waals surface area contributed by atoms with Gasteiger partial charge >= 0.3 is 5.97 Å². The van der Waals surface area contributed by atoms with Crippen molar-refractivity contribution >= 4 is 17.6 Å². The van der Waals surface area contributed by atoms with Crippen molar-refractivity contribution in [3.8, 4) is 5.75 Å². The molecule has 0 spiro atoms. The van der Waals surface area contributed by atoms with Crippen molar-refractivity contribution in [2.45, 2.75) is 19.5 Å². The van der Waals surface area contributed by atoms with Gasteiger partial charge in [-0.2, -0.15) is 0 Å². The van der Waals surface area contributed by atoms with Crippen LogP contribution in [-0.2, 0) is 16.1 Å². The molecule has 2 aromatic carbocycles. The van der Waals surface area contributed by atoms with E-state index in [1.54, 1.807) is 19.2 Å². The van der Waals surface area contributed by atoms with Crippen molar-refractivity contribution in [3.63, 3.8) is 0 Å². The van der Waals surface area contributed by atoms with Gasteiger partial charge in [-0.1, -0.05) is 12.1 Å². The van der Waals surface area contributed by atoms with E-state index in [1.165, 1.54) is 7.11 Å². The molecule has 0 aromatic heterocycles. The van der Waals surface area contributed by atoms with Crippen LogP contribution in [0.3, 0.4) is 0 Å². The molecule has 3 rings (SSSR count). The third-order valence-electron chi connectivity index (χ3n) is 4.93. The summed E-state index contributed by atoms with van der Waals surface area (Å²) in [4.78, 5) is 28.4. The van der Waals surface area contributed by atoms with Gasteiger partial charge in [0.25, 0.3) is 0 Å². The van der Waals surface area contributed by atoms with E-state index < -0.39 is 0 Å². The Morgan fingerprint density at radius 1 is 1.04 bits per heavy atom. The zero-order chi connectivity index (χ0) is 19.4. The van der Waals surface area contributed by atoms with Gasteiger partial charge in [0.1, 0.15) is 5.75 Å². The number of amides is 1. The number of hydrogen-bond donors (Lipinski definition) is 0. The molecule has 0 saturated carbocycles. The lowest BCUT2D eigenvalue weighted by Gasteiger charge is -2.39. The van der Waals surface area contributed by atoms with Gasteiger partial charge in [0.2, 0.25) is 5.91 Å². The molecule has 0 N–H and O–H groups in total. The summed E-state index contributed by atoms with van der Waals surface area (Å²) in [7, 11) is 2.99. The first-order chi connectivity index (χ1) is 13.0. The van der Waals surface area contributed by atoms with Gasteiger partial charge in [-0.25, -0.2) is 4.79 Å². The van der Waals surface area contributed by atoms with E-state index in [0.717, 1.165) is 23.5 Å². The molecule has 142 valence electrons. The zero-order valence-corrected chi connectivity index (χ0v) is 15.8. The molecule has 1 amide bonds. The first-order valence-electron chi connectivity index (χ1n) is 8.90. The maximum atomic E-state index is 12.9. The lowest BCUT2D eigenvalue weighted by Crippen LogP contribution is -2.55. The fraction of sp³-hybridized carbons (Fsp3) is 0.333. The van der Waals surface area contributed by atoms with Crippen molar-refractivity contribution in [1.82, 2.24) is 4.90 Å². The average molecular weight is 368 g/mol. The monoisotopic (exact) mass is 368 g/mol. The molecular formula is C21H24N2O4. The summed E-state index contributed by atoms with van der Waals surface area (Å²) in [5.74, 6) is 0.504. The largest absolute Gasteiger partial charge is 0.497 e. The van der Waals surface area contributed by atoms with Crippen molar-refractivity contribution in [2.75, 3.05) is 32.2 Å². The summed E-state index contributed by atoms with van der Waals surface area (Å²) >= 11 is 0. The lowest BCUT2D eigenvalue weighted by atomic mass is 10.1. The highest BCUT2D eigenvalue weighted by atomic mass is 16.5. The summed E-state index contributed by atoms with van der Waals surface area (Å²) < 4.78 is 9.90. The van der Waals surface area contributed by atoms with Gasteiger partial charge in [0, 0.05) is 25.3 Å². The number of methoxy groups -OCH3 is 2. The highest BCUT2D eigenvalue weighted by Gasteiger charge is 2.32. The number of carbonyl (C=O) groups excluding carboxylic acids is 2. The van der Waals surface area contributed by atoms with E-state index in [1.807, 2.05) is 48.2 Å². The van der Waals surface area contributed by atoms with E-state index in [2.05, 4.69) is 4.90 Å². The smallest absolute Gasteiger partial charge is 0.337 e. The van der Waals surface area contributed by atoms with Gasteiger partial charge in [0.15, 0.2) is 0 Å². The maximum absolute atomic E-state index is 12.9. The lowest BCUT2D eigenvalue weighted by molar-refractivity contribution is -0.125. The van der Waals surface area contributed by atoms with Gasteiger partial charge < -0.3 is 14.4 Å². The molecule has 1 saturated heterocycles. The van der Waals surface area contributed by atoms with Crippen molar-refractivity contribution in [2.24, 2.45) is 0 Å². The number of nitrogens with zero attached hydrogens (tertiary/aromatic N) is 2. The molecule has 27 heavy (non-hydrogen) atoms. The number of anilines is 1. The predicted molar refractivity (Wildman–Crippen MR) is 103 cm³/mol. The van der Waals surface area contributed by atoms with Gasteiger partial charge in [-0.15, -0.1) is 0 Å². The standard InChI is InChI=1S/C21H24N2O4/c1-15-20(24)23(18-8-10-19(26-2)11-9-18)13-12-22(15)14-16-4-6-17(7-5-16)21(25)27-3/h4-11,15H,12-14H2,1-3H3/t15-/m1/s1. The first-order valence-corrected chi connectivity index (χ1v) is 8.90. The van der Waals surface area contributed by atoms with E-state index in [9.17, 15) is 9.59 Å². The van der Waals surface area contributed by atoms with E-state index >= 15 is 0 Å². The minimum absolute atomic E-state index is 0.0811. The van der Waals surface area contributed by atoms with Crippen LogP contribution in [-0.4, -0.2) is 50.1 Å². The Labute approximate surface area is 159 Å². The molecule has 1 aliphatic heterocycles. The maximum Gasteiger partial charge on any atom is 0.337 e. The molecule has 6 nitrogen and oxygen atoms in total. The van der Waals surface area contributed by atoms with Crippen LogP contribution in [0.4, 0.5) is 5.69 Å². The second-order valence-corrected chi connectivity index (χ2v) is 6.52. The number of ether oxygens (including phenoxy) is 2. The van der Waals surface area contributed by atoms with Crippen molar-refractivity contribution in [3.05, 3.63) is 59.7 Å². The molecule has 0 unspecified atom stereocenters. The van der Waals surface area contributed by atoms with E-state index in [0.29, 0.717) is 18.7 Å². The number of benzene rings is 2. The van der Waals surface area contributed by atoms with Gasteiger partial charge in [-0.05, 0) is 48.9 Å². The summed E-state index contributed by atoms with van der Waals surface area (Å²) in [6, 6.07) is 14.6. The van der Waals surface area contributed by atoms with Crippen LogP contribution in [0.5, 0.6) is 5.75 Å². The minimum atomic E-state index is -0.349. The van der Waals surface area contributed by atoms with Gasteiger partial charge in [0.05, 0.1) is 25.8 Å². The zero-order valence-electron chi connectivity index (χ0n) is 15.8. The van der Waals surface area contributed by atoms with Crippen molar-refractivity contribution < 1.29 is 19.1 Å². The quantitative estimate of drug-likeness (QED) is 0.760. The molecule has 2 aromatic rings. The fourth-order valence-electron chi connectivity index (χ4n) is 3.25. The van der Waals surface area contributed by atoms with Crippen LogP contribution in [0, 0.1) is 0 Å². The topological polar surface area (TPSA) is 59.1 Å². The van der Waals surface area contributed by atoms with Crippen LogP contribution >= 0.6 is 0 Å². The highest BCUT2D eigenvalue weighted by molar-refractivity contribution is 5.97. The highest BCUT2D eigenvalue weighted by Crippen LogP contribution is 2.24. The molecule has 1 aliphatic rings. The third-order valence-corrected chi connectivity index (χ3v) is 4.93. The summed E-state index contributed by atoms with van der Waals surface area (Å²) in [5.41, 5.74) is 2.46. The Morgan fingerprint density at radius 2 is 1.70 bits per heavy atom. The SMILES string of the molecule is COC(=O)c1ccc(CN2CCN(c3ccc(OC)cc3)C(=O)[C@H]2C)cc1. The number of hydrogen-bond acceptors (Lipinski definition) is 5. The van der Waals surface area contributed by atoms with Crippen LogP contribution in [0.15, 0.2) is 48.5 Å². The molecular weight excluding hydrogens is 344 g/mol. The summed E-state index contributed by atoms with van der Waals surface area (Å²) in [6.45, 7) is 4.00. The second kappa shape index (κ2) is 8.22. The Balaban J connectivity index is 1.66. The number of piperazine rings is 1. The second-order valence-electron chi connectivity index (χ2n) is 6.52. The molecule has 0 bridgehead atoms. The summed E-state index contributed by atoms with van der Waals surface area (Å²) in [5, 5.41) is 0. The number of esters is 1. The molecule has 6 heteroatoms. The predicted octanol–water partition coefficient (Wildman–Crippen LogP) is 2.72. The van der Waals surface area contributed by atoms with Gasteiger partial charge in [-0.3, -0.25) is 9.69 Å². The van der Waals surface area contributed by atoms with Crippen LogP contribution in [0.2, 0.25) is 0 Å². The van der Waals surface area contributed by atoms with Crippen molar-refractivity contribution in [1.29, 1.82) is 0 Å². The molecule has 0 aliphatic carbocycles. The number of rotatable bonds is 5. The average Bonchev–Trinajstić information content (AvgIpc) is 2.71. The first kappa shape index (κ1) is 18.9. The number of carbonyl (C=O) groups is 2. The van der Waals surface area contributed by atoms with E-state index in [-0.39, 0.29) is 17.9 Å². The third kappa shape index (κ3) is 4.11. The molecule has 0 radical (unpaired) electrons. The van der Waals surface area contributed by atoms with E-state index in [4.69, 9.17) is 9.47 Å². The normalized spacial score (nSPS) is 17.7. The summed E-state index contributed by atoms with van der Waals surface area (Å²) in [6.07, 6.45) is 0. The molecule has 1 atom stereocenters. The Kier molecular flexibility index (Phi) is 5.76. The Bertz CT molecular complexity index is 802. The molecule has 1 fully saturated rings. The van der Waals surface area contributed by atoms with Crippen LogP contribution < -0.4 is 9.64 Å². The molecule has 1 heterocycles. The fourth-order valence-corrected chi connectivity index (χ4v) is 3.25.